The molecule has 1 aromatic rings. The van der Waals surface area contributed by atoms with E-state index in [0.717, 1.165) is 21.3 Å². The van der Waals surface area contributed by atoms with Crippen LogP contribution < -0.4 is 5.73 Å². The molecule has 0 bridgehead atoms. The minimum Gasteiger partial charge on any atom is -0.480 e. The van der Waals surface area contributed by atoms with E-state index in [1.165, 1.54) is 11.8 Å². The molecule has 0 spiro atoms. The molecule has 0 radical (unpaired) electrons. The lowest BCUT2D eigenvalue weighted by Crippen LogP contribution is -2.68. The minimum atomic E-state index is -1.25. The molecule has 122 valence electrons. The Bertz CT molecular complexity index is 733. The smallest absolute Gasteiger partial charge is 0.353 e. The Morgan fingerprint density at radius 2 is 2.17 bits per heavy atom. The minimum absolute atomic E-state index is 0.137. The number of carboxylic acid groups (broad SMARTS) is 2. The van der Waals surface area contributed by atoms with Crippen LogP contribution in [-0.4, -0.2) is 70.3 Å². The van der Waals surface area contributed by atoms with E-state index in [9.17, 15) is 19.5 Å². The standard InChI is InChI=1S/C10H10N6O5S2/c11-5-7(19)16-6(9(20)21)3(2-22-8(5)16)23-10-12-13-14-15(10)1-4(17)18/h5,8H,1-2,11H2,(H,17,18)(H,20,21)/t5?,8-/m1/s1. The number of fused-ring (bicyclic) bond motifs is 1. The number of thioether (sulfide) groups is 2. The Morgan fingerprint density at radius 3 is 2.83 bits per heavy atom. The number of hydrogen-bond acceptors (Lipinski definition) is 9. The summed E-state index contributed by atoms with van der Waals surface area (Å²) in [5.74, 6) is -2.53. The fraction of sp³-hybridized carbons (Fsp3) is 0.400. The number of carbonyl (C=O) groups excluding carboxylic acids is 1. The number of rotatable bonds is 5. The van der Waals surface area contributed by atoms with E-state index >= 15 is 0 Å². The molecular weight excluding hydrogens is 348 g/mol. The molecule has 1 unspecified atom stereocenters. The molecule has 23 heavy (non-hydrogen) atoms. The number of hydrogen-bond donors (Lipinski definition) is 3. The predicted octanol–water partition coefficient (Wildman–Crippen LogP) is -1.61. The predicted molar refractivity (Wildman–Crippen MR) is 77.0 cm³/mol. The monoisotopic (exact) mass is 358 g/mol. The quantitative estimate of drug-likeness (QED) is 0.518. The van der Waals surface area contributed by atoms with Crippen molar-refractivity contribution in [2.75, 3.05) is 5.75 Å². The maximum atomic E-state index is 11.8. The molecule has 3 heterocycles. The first-order chi connectivity index (χ1) is 10.9. The first kappa shape index (κ1) is 15.8. The molecule has 1 fully saturated rings. The number of amides is 1. The van der Waals surface area contributed by atoms with Crippen molar-refractivity contribution in [3.63, 3.8) is 0 Å². The molecule has 4 N–H and O–H groups in total. The summed E-state index contributed by atoms with van der Waals surface area (Å²) in [6, 6.07) is -0.710. The van der Waals surface area contributed by atoms with Gasteiger partial charge in [0.2, 0.25) is 11.1 Å². The Kier molecular flexibility index (Phi) is 3.99. The molecule has 0 aliphatic carbocycles. The Labute approximate surface area is 136 Å². The van der Waals surface area contributed by atoms with Gasteiger partial charge in [-0.05, 0) is 22.2 Å². The fourth-order valence-corrected chi connectivity index (χ4v) is 4.54. The van der Waals surface area contributed by atoms with Crippen molar-refractivity contribution in [1.29, 1.82) is 0 Å². The van der Waals surface area contributed by atoms with Gasteiger partial charge in [-0.1, -0.05) is 0 Å². The molecule has 1 saturated heterocycles. The molecule has 3 rings (SSSR count). The summed E-state index contributed by atoms with van der Waals surface area (Å²) < 4.78 is 1.04. The van der Waals surface area contributed by atoms with Crippen LogP contribution in [0.5, 0.6) is 0 Å². The van der Waals surface area contributed by atoms with Crippen LogP contribution in [0.25, 0.3) is 0 Å². The molecule has 1 amide bonds. The Morgan fingerprint density at radius 1 is 1.43 bits per heavy atom. The first-order valence-corrected chi connectivity index (χ1v) is 8.09. The molecule has 11 nitrogen and oxygen atoms in total. The summed E-state index contributed by atoms with van der Waals surface area (Å²) in [5, 5.41) is 28.6. The number of nitrogens with zero attached hydrogens (tertiary/aromatic N) is 5. The van der Waals surface area contributed by atoms with Crippen LogP contribution in [0.4, 0.5) is 0 Å². The van der Waals surface area contributed by atoms with Crippen molar-refractivity contribution in [2.24, 2.45) is 5.73 Å². The number of nitrogens with two attached hydrogens (primary N) is 1. The molecule has 1 aromatic heterocycles. The van der Waals surface area contributed by atoms with Crippen LogP contribution in [0.1, 0.15) is 0 Å². The third-order valence-electron chi connectivity index (χ3n) is 3.18. The van der Waals surface area contributed by atoms with Gasteiger partial charge in [0.15, 0.2) is 0 Å². The maximum absolute atomic E-state index is 11.8. The van der Waals surface area contributed by atoms with Crippen molar-refractivity contribution < 1.29 is 24.6 Å². The van der Waals surface area contributed by atoms with Gasteiger partial charge in [0.1, 0.15) is 23.7 Å². The van der Waals surface area contributed by atoms with Crippen LogP contribution in [0.15, 0.2) is 15.8 Å². The van der Waals surface area contributed by atoms with E-state index in [0.29, 0.717) is 10.7 Å². The molecule has 2 aliphatic rings. The lowest BCUT2D eigenvalue weighted by molar-refractivity contribution is -0.147. The zero-order valence-corrected chi connectivity index (χ0v) is 13.0. The number of aliphatic carboxylic acids is 2. The maximum Gasteiger partial charge on any atom is 0.353 e. The van der Waals surface area contributed by atoms with Gasteiger partial charge in [0, 0.05) is 10.7 Å². The fourth-order valence-electron chi connectivity index (χ4n) is 2.17. The van der Waals surface area contributed by atoms with Gasteiger partial charge in [0.05, 0.1) is 0 Å². The van der Waals surface area contributed by atoms with Gasteiger partial charge in [-0.15, -0.1) is 16.9 Å². The number of tetrazole rings is 1. The lowest BCUT2D eigenvalue weighted by Gasteiger charge is -2.47. The average molecular weight is 358 g/mol. The van der Waals surface area contributed by atoms with E-state index in [4.69, 9.17) is 10.8 Å². The Balaban J connectivity index is 1.91. The van der Waals surface area contributed by atoms with E-state index in [2.05, 4.69) is 15.5 Å². The van der Waals surface area contributed by atoms with Crippen molar-refractivity contribution >= 4 is 41.4 Å². The normalized spacial score (nSPS) is 23.5. The van der Waals surface area contributed by atoms with Crippen LogP contribution >= 0.6 is 23.5 Å². The van der Waals surface area contributed by atoms with Crippen molar-refractivity contribution in [2.45, 2.75) is 23.1 Å². The summed E-state index contributed by atoms with van der Waals surface area (Å²) in [6.07, 6.45) is 0. The SMILES string of the molecule is NC1C(=O)N2C(C(=O)O)=C(Sc3nnnn3CC(=O)O)CS[C@H]12. The third kappa shape index (κ3) is 2.66. The van der Waals surface area contributed by atoms with E-state index < -0.39 is 35.8 Å². The Hall–Kier alpha value is -2.12. The average Bonchev–Trinajstić information content (AvgIpc) is 2.92. The lowest BCUT2D eigenvalue weighted by atomic mass is 10.1. The molecule has 2 aliphatic heterocycles. The van der Waals surface area contributed by atoms with Crippen LogP contribution in [-0.2, 0) is 20.9 Å². The second kappa shape index (κ2) is 5.82. The number of carbonyl (C=O) groups is 3. The van der Waals surface area contributed by atoms with Gasteiger partial charge in [-0.3, -0.25) is 14.5 Å². The van der Waals surface area contributed by atoms with E-state index in [1.807, 2.05) is 0 Å². The zero-order chi connectivity index (χ0) is 16.7. The highest BCUT2D eigenvalue weighted by molar-refractivity contribution is 8.06. The molecule has 13 heteroatoms. The summed E-state index contributed by atoms with van der Waals surface area (Å²) >= 11 is 2.27. The van der Waals surface area contributed by atoms with E-state index in [-0.39, 0.29) is 10.9 Å². The van der Waals surface area contributed by atoms with Gasteiger partial charge in [-0.25, -0.2) is 9.48 Å². The van der Waals surface area contributed by atoms with Gasteiger partial charge >= 0.3 is 11.9 Å². The van der Waals surface area contributed by atoms with Crippen LogP contribution in [0, 0.1) is 0 Å². The second-order valence-corrected chi connectivity index (χ2v) is 6.79. The largest absolute Gasteiger partial charge is 0.480 e. The topological polar surface area (TPSA) is 165 Å². The number of β-lactam (4-membered cyclic amide) rings is 1. The van der Waals surface area contributed by atoms with Crippen molar-refractivity contribution in [3.05, 3.63) is 10.6 Å². The third-order valence-corrected chi connectivity index (χ3v) is 5.72. The summed E-state index contributed by atoms with van der Waals surface area (Å²) in [7, 11) is 0. The molecule has 0 saturated carbocycles. The highest BCUT2D eigenvalue weighted by Crippen LogP contribution is 2.43. The second-order valence-electron chi connectivity index (χ2n) is 4.63. The van der Waals surface area contributed by atoms with Gasteiger partial charge < -0.3 is 15.9 Å². The van der Waals surface area contributed by atoms with Gasteiger partial charge in [0.25, 0.3) is 0 Å². The number of aromatic nitrogens is 4. The first-order valence-electron chi connectivity index (χ1n) is 6.22. The number of carboxylic acids is 2. The summed E-state index contributed by atoms with van der Waals surface area (Å²) in [5.41, 5.74) is 5.51. The summed E-state index contributed by atoms with van der Waals surface area (Å²) in [4.78, 5) is 35.6. The van der Waals surface area contributed by atoms with Crippen molar-refractivity contribution in [1.82, 2.24) is 25.1 Å². The molecule has 2 atom stereocenters. The van der Waals surface area contributed by atoms with Gasteiger partial charge in [-0.2, -0.15) is 0 Å². The molecular formula is C10H10N6O5S2. The summed E-state index contributed by atoms with van der Waals surface area (Å²) in [6.45, 7) is -0.450. The van der Waals surface area contributed by atoms with Crippen LogP contribution in [0.3, 0.4) is 0 Å². The highest BCUT2D eigenvalue weighted by atomic mass is 32.2. The van der Waals surface area contributed by atoms with Crippen LogP contribution in [0.2, 0.25) is 0 Å². The van der Waals surface area contributed by atoms with Crippen molar-refractivity contribution in [3.8, 4) is 0 Å². The van der Waals surface area contributed by atoms with E-state index in [1.54, 1.807) is 0 Å². The molecule has 0 aromatic carbocycles. The zero-order valence-electron chi connectivity index (χ0n) is 11.3. The highest BCUT2D eigenvalue weighted by Gasteiger charge is 2.52.